The number of aromatic nitrogens is 1. The summed E-state index contributed by atoms with van der Waals surface area (Å²) in [4.78, 5) is 18.1. The number of carbonyl (C=O) groups is 1. The highest BCUT2D eigenvalue weighted by molar-refractivity contribution is 7.17. The smallest absolute Gasteiger partial charge is 0.347 e. The van der Waals surface area contributed by atoms with Crippen LogP contribution in [0.2, 0.25) is 0 Å². The highest BCUT2D eigenvalue weighted by atomic mass is 32.1. The molecule has 106 valence electrons. The zero-order chi connectivity index (χ0) is 14.7. The van der Waals surface area contributed by atoms with Crippen molar-refractivity contribution >= 4 is 28.1 Å². The Morgan fingerprint density at radius 2 is 2.10 bits per heavy atom. The minimum Gasteiger partial charge on any atom is -0.477 e. The van der Waals surface area contributed by atoms with Crippen molar-refractivity contribution in [2.75, 3.05) is 11.9 Å². The average molecular weight is 290 g/mol. The van der Waals surface area contributed by atoms with Crippen LogP contribution in [0.5, 0.6) is 0 Å². The third-order valence-corrected chi connectivity index (χ3v) is 4.29. The number of nitrogens with zero attached hydrogens (tertiary/aromatic N) is 2. The second-order valence-corrected chi connectivity index (χ2v) is 5.65. The van der Waals surface area contributed by atoms with E-state index in [1.165, 1.54) is 11.3 Å². The summed E-state index contributed by atoms with van der Waals surface area (Å²) in [6.45, 7) is 4.06. The summed E-state index contributed by atoms with van der Waals surface area (Å²) in [6, 6.07) is 8.00. The van der Waals surface area contributed by atoms with Crippen molar-refractivity contribution in [2.45, 2.75) is 26.7 Å². The van der Waals surface area contributed by atoms with E-state index in [1.807, 2.05) is 50.1 Å². The maximum absolute atomic E-state index is 11.3. The molecule has 1 aromatic carbocycles. The van der Waals surface area contributed by atoms with Gasteiger partial charge in [-0.05, 0) is 25.0 Å². The number of para-hydroxylation sites is 1. The summed E-state index contributed by atoms with van der Waals surface area (Å²) < 4.78 is 0. The normalized spacial score (nSPS) is 10.6. The number of aromatic carboxylic acids is 1. The van der Waals surface area contributed by atoms with Crippen molar-refractivity contribution in [1.29, 1.82) is 0 Å². The SMILES string of the molecule is CCCc1nc(N(C)c2ccccc2C)sc1C(=O)O. The van der Waals surface area contributed by atoms with Crippen molar-refractivity contribution in [1.82, 2.24) is 4.98 Å². The molecule has 20 heavy (non-hydrogen) atoms. The van der Waals surface area contributed by atoms with Gasteiger partial charge in [0.15, 0.2) is 5.13 Å². The van der Waals surface area contributed by atoms with E-state index in [0.29, 0.717) is 17.0 Å². The fourth-order valence-electron chi connectivity index (χ4n) is 2.10. The van der Waals surface area contributed by atoms with Gasteiger partial charge >= 0.3 is 5.97 Å². The topological polar surface area (TPSA) is 53.4 Å². The first-order valence-corrected chi connectivity index (χ1v) is 7.38. The lowest BCUT2D eigenvalue weighted by Crippen LogP contribution is -2.10. The Labute approximate surface area is 122 Å². The monoisotopic (exact) mass is 290 g/mol. The van der Waals surface area contributed by atoms with Crippen LogP contribution in [0.25, 0.3) is 0 Å². The van der Waals surface area contributed by atoms with Crippen LogP contribution in [0.15, 0.2) is 24.3 Å². The molecular weight excluding hydrogens is 272 g/mol. The molecule has 0 saturated heterocycles. The van der Waals surface area contributed by atoms with E-state index in [4.69, 9.17) is 0 Å². The van der Waals surface area contributed by atoms with E-state index in [0.717, 1.165) is 22.8 Å². The van der Waals surface area contributed by atoms with E-state index in [2.05, 4.69) is 4.98 Å². The number of thiazole rings is 1. The summed E-state index contributed by atoms with van der Waals surface area (Å²) in [7, 11) is 1.92. The first-order chi connectivity index (χ1) is 9.54. The molecule has 0 amide bonds. The van der Waals surface area contributed by atoms with E-state index in [9.17, 15) is 9.90 Å². The minimum atomic E-state index is -0.893. The Kier molecular flexibility index (Phi) is 4.39. The van der Waals surface area contributed by atoms with Gasteiger partial charge < -0.3 is 10.0 Å². The number of benzene rings is 1. The van der Waals surface area contributed by atoms with E-state index >= 15 is 0 Å². The molecule has 0 saturated carbocycles. The number of aryl methyl sites for hydroxylation is 2. The number of rotatable bonds is 5. The molecule has 4 nitrogen and oxygen atoms in total. The zero-order valence-corrected chi connectivity index (χ0v) is 12.7. The predicted molar refractivity (Wildman–Crippen MR) is 82.3 cm³/mol. The number of anilines is 2. The lowest BCUT2D eigenvalue weighted by molar-refractivity contribution is 0.0700. The lowest BCUT2D eigenvalue weighted by atomic mass is 10.2. The van der Waals surface area contributed by atoms with Crippen LogP contribution >= 0.6 is 11.3 Å². The van der Waals surface area contributed by atoms with Crippen LogP contribution in [0.3, 0.4) is 0 Å². The summed E-state index contributed by atoms with van der Waals surface area (Å²) in [5.41, 5.74) is 2.86. The van der Waals surface area contributed by atoms with Gasteiger partial charge in [0.05, 0.1) is 5.69 Å². The number of hydrogen-bond acceptors (Lipinski definition) is 4. The first kappa shape index (κ1) is 14.5. The van der Waals surface area contributed by atoms with Crippen molar-refractivity contribution < 1.29 is 9.90 Å². The Hall–Kier alpha value is -1.88. The lowest BCUT2D eigenvalue weighted by Gasteiger charge is -2.18. The molecule has 2 aromatic rings. The van der Waals surface area contributed by atoms with Gasteiger partial charge in [-0.2, -0.15) is 0 Å². The van der Waals surface area contributed by atoms with Gasteiger partial charge in [0.1, 0.15) is 4.88 Å². The second-order valence-electron chi connectivity index (χ2n) is 4.67. The molecule has 0 aliphatic carbocycles. The molecule has 2 rings (SSSR count). The minimum absolute atomic E-state index is 0.349. The van der Waals surface area contributed by atoms with Crippen LogP contribution in [0.1, 0.15) is 34.3 Å². The fourth-order valence-corrected chi connectivity index (χ4v) is 3.03. The van der Waals surface area contributed by atoms with E-state index in [1.54, 1.807) is 0 Å². The van der Waals surface area contributed by atoms with Gasteiger partial charge in [-0.1, -0.05) is 42.9 Å². The molecule has 1 heterocycles. The molecule has 0 fully saturated rings. The summed E-state index contributed by atoms with van der Waals surface area (Å²) in [6.07, 6.45) is 1.58. The van der Waals surface area contributed by atoms with Gasteiger partial charge in [0.25, 0.3) is 0 Å². The predicted octanol–water partition coefficient (Wildman–Crippen LogP) is 3.87. The molecule has 1 aromatic heterocycles. The molecule has 0 aliphatic rings. The van der Waals surface area contributed by atoms with Crippen LogP contribution in [0.4, 0.5) is 10.8 Å². The number of hydrogen-bond donors (Lipinski definition) is 1. The van der Waals surface area contributed by atoms with Crippen molar-refractivity contribution in [3.8, 4) is 0 Å². The maximum Gasteiger partial charge on any atom is 0.347 e. The van der Waals surface area contributed by atoms with Crippen LogP contribution in [0, 0.1) is 6.92 Å². The quantitative estimate of drug-likeness (QED) is 0.908. The second kappa shape index (κ2) is 6.05. The highest BCUT2D eigenvalue weighted by Gasteiger charge is 2.19. The summed E-state index contributed by atoms with van der Waals surface area (Å²) in [5.74, 6) is -0.893. The average Bonchev–Trinajstić information content (AvgIpc) is 2.83. The van der Waals surface area contributed by atoms with Crippen LogP contribution in [-0.4, -0.2) is 23.1 Å². The first-order valence-electron chi connectivity index (χ1n) is 6.57. The highest BCUT2D eigenvalue weighted by Crippen LogP contribution is 2.32. The van der Waals surface area contributed by atoms with Crippen molar-refractivity contribution in [2.24, 2.45) is 0 Å². The third kappa shape index (κ3) is 2.82. The van der Waals surface area contributed by atoms with Crippen molar-refractivity contribution in [3.63, 3.8) is 0 Å². The number of carboxylic acids is 1. The Bertz CT molecular complexity index is 622. The molecule has 0 spiro atoms. The van der Waals surface area contributed by atoms with Gasteiger partial charge in [-0.25, -0.2) is 9.78 Å². The molecule has 0 radical (unpaired) electrons. The fraction of sp³-hybridized carbons (Fsp3) is 0.333. The van der Waals surface area contributed by atoms with Crippen LogP contribution < -0.4 is 4.90 Å². The molecule has 0 unspecified atom stereocenters. The Balaban J connectivity index is 2.40. The molecule has 0 atom stereocenters. The van der Waals surface area contributed by atoms with Gasteiger partial charge in [0, 0.05) is 12.7 Å². The Morgan fingerprint density at radius 3 is 2.70 bits per heavy atom. The molecule has 0 aliphatic heterocycles. The standard InChI is InChI=1S/C15H18N2O2S/c1-4-7-11-13(14(18)19)20-15(16-11)17(3)12-9-6-5-8-10(12)2/h5-6,8-9H,4,7H2,1-3H3,(H,18,19). The molecular formula is C15H18N2O2S. The van der Waals surface area contributed by atoms with Crippen molar-refractivity contribution in [3.05, 3.63) is 40.4 Å². The maximum atomic E-state index is 11.3. The number of carboxylic acid groups (broad SMARTS) is 1. The van der Waals surface area contributed by atoms with Gasteiger partial charge in [0.2, 0.25) is 0 Å². The largest absolute Gasteiger partial charge is 0.477 e. The van der Waals surface area contributed by atoms with E-state index in [-0.39, 0.29) is 0 Å². The molecule has 1 N–H and O–H groups in total. The summed E-state index contributed by atoms with van der Waals surface area (Å²) >= 11 is 1.23. The van der Waals surface area contributed by atoms with E-state index < -0.39 is 5.97 Å². The molecule has 5 heteroatoms. The van der Waals surface area contributed by atoms with Crippen LogP contribution in [-0.2, 0) is 6.42 Å². The summed E-state index contributed by atoms with van der Waals surface area (Å²) in [5, 5.41) is 9.99. The third-order valence-electron chi connectivity index (χ3n) is 3.13. The van der Waals surface area contributed by atoms with Gasteiger partial charge in [-0.15, -0.1) is 0 Å². The van der Waals surface area contributed by atoms with Gasteiger partial charge in [-0.3, -0.25) is 0 Å². The Morgan fingerprint density at radius 1 is 1.40 bits per heavy atom. The molecule has 0 bridgehead atoms. The zero-order valence-electron chi connectivity index (χ0n) is 11.9.